The molecule has 0 saturated carbocycles. The quantitative estimate of drug-likeness (QED) is 0.333. The van der Waals surface area contributed by atoms with Crippen LogP contribution in [-0.4, -0.2) is 16.6 Å². The van der Waals surface area contributed by atoms with E-state index in [1.807, 2.05) is 38.1 Å². The largest absolute Gasteiger partial charge is 0.425 e. The summed E-state index contributed by atoms with van der Waals surface area (Å²) in [7, 11) is 0. The highest BCUT2D eigenvalue weighted by Gasteiger charge is 2.21. The van der Waals surface area contributed by atoms with Gasteiger partial charge in [0.05, 0.1) is 0 Å². The Morgan fingerprint density at radius 1 is 0.913 bits per heavy atom. The zero-order chi connectivity index (χ0) is 17.0. The predicted octanol–water partition coefficient (Wildman–Crippen LogP) is 4.90. The minimum absolute atomic E-state index is 0.00611. The van der Waals surface area contributed by atoms with Gasteiger partial charge < -0.3 is 4.74 Å². The molecule has 0 N–H and O–H groups in total. The van der Waals surface area contributed by atoms with Crippen molar-refractivity contribution in [3.8, 4) is 16.9 Å². The van der Waals surface area contributed by atoms with E-state index in [2.05, 4.69) is 0 Å². The molecule has 0 aliphatic rings. The van der Waals surface area contributed by atoms with Crippen LogP contribution in [0.25, 0.3) is 11.1 Å². The van der Waals surface area contributed by atoms with Gasteiger partial charge in [0.1, 0.15) is 11.1 Å². The molecule has 0 fully saturated rings. The molecule has 0 aliphatic heterocycles. The molecule has 0 unspecified atom stereocenters. The smallest absolute Gasteiger partial charge is 0.329 e. The van der Waals surface area contributed by atoms with Crippen molar-refractivity contribution in [3.63, 3.8) is 0 Å². The molecule has 2 aromatic rings. The van der Waals surface area contributed by atoms with Crippen LogP contribution in [0, 0.1) is 5.92 Å². The lowest BCUT2D eigenvalue weighted by Crippen LogP contribution is -2.25. The van der Waals surface area contributed by atoms with Crippen molar-refractivity contribution in [1.29, 1.82) is 0 Å². The Bertz CT molecular complexity index is 691. The normalized spacial score (nSPS) is 12.0. The number of carbonyl (C=O) groups is 2. The molecule has 0 aromatic heterocycles. The molecule has 3 nitrogen and oxygen atoms in total. The highest BCUT2D eigenvalue weighted by Crippen LogP contribution is 2.24. The molecule has 23 heavy (non-hydrogen) atoms. The first-order valence-electron chi connectivity index (χ1n) is 7.14. The van der Waals surface area contributed by atoms with Gasteiger partial charge in [-0.25, -0.2) is 0 Å². The van der Waals surface area contributed by atoms with Gasteiger partial charge in [-0.05, 0) is 52.9 Å². The molecule has 120 valence electrons. The van der Waals surface area contributed by atoms with E-state index in [4.69, 9.17) is 27.9 Å². The Labute approximate surface area is 145 Å². The number of benzene rings is 2. The summed E-state index contributed by atoms with van der Waals surface area (Å²) in [5, 5.41) is -1.16. The molecular weight excluding hydrogens is 335 g/mol. The van der Waals surface area contributed by atoms with E-state index < -0.39 is 16.6 Å². The number of esters is 1. The van der Waals surface area contributed by atoms with Crippen LogP contribution in [-0.2, 0) is 4.79 Å². The van der Waals surface area contributed by atoms with Crippen molar-refractivity contribution >= 4 is 34.4 Å². The molecule has 0 bridgehead atoms. The van der Waals surface area contributed by atoms with E-state index in [-0.39, 0.29) is 5.92 Å². The van der Waals surface area contributed by atoms with E-state index in [1.54, 1.807) is 24.3 Å². The molecule has 0 aliphatic carbocycles. The number of hydrogen-bond acceptors (Lipinski definition) is 3. The molecule has 2 aromatic carbocycles. The van der Waals surface area contributed by atoms with Crippen LogP contribution < -0.4 is 4.74 Å². The van der Waals surface area contributed by atoms with Crippen molar-refractivity contribution in [1.82, 2.24) is 0 Å². The number of rotatable bonds is 5. The second kappa shape index (κ2) is 7.62. The van der Waals surface area contributed by atoms with Crippen LogP contribution in [0.4, 0.5) is 0 Å². The maximum atomic E-state index is 11.8. The third-order valence-corrected chi connectivity index (χ3v) is 4.23. The molecule has 0 heterocycles. The molecule has 1 atom stereocenters. The molecule has 0 saturated heterocycles. The summed E-state index contributed by atoms with van der Waals surface area (Å²) in [6, 6.07) is 14.0. The fourth-order valence-corrected chi connectivity index (χ4v) is 2.12. The number of carbonyl (C=O) groups excluding carboxylic acids is 2. The summed E-state index contributed by atoms with van der Waals surface area (Å²) in [6.45, 7) is 3.72. The van der Waals surface area contributed by atoms with Crippen LogP contribution in [0.5, 0.6) is 5.75 Å². The molecule has 5 heteroatoms. The van der Waals surface area contributed by atoms with Crippen LogP contribution in [0.15, 0.2) is 48.5 Å². The van der Waals surface area contributed by atoms with Gasteiger partial charge in [0.25, 0.3) is 5.24 Å². The number of ether oxygens (including phenoxy) is 1. The van der Waals surface area contributed by atoms with Crippen molar-refractivity contribution in [3.05, 3.63) is 54.1 Å². The monoisotopic (exact) mass is 350 g/mol. The summed E-state index contributed by atoms with van der Waals surface area (Å²) in [6.07, 6.45) is 0. The lowest BCUT2D eigenvalue weighted by atomic mass is 10.0. The van der Waals surface area contributed by atoms with Gasteiger partial charge in [-0.3, -0.25) is 9.59 Å². The summed E-state index contributed by atoms with van der Waals surface area (Å²) < 4.78 is 5.25. The standard InChI is InChI=1S/C18H16Cl2O3/c1-11(2)16(19)18(22)23-15-9-7-13(8-10-15)12-3-5-14(6-4-12)17(20)21/h3-11,16H,1-2H3/t16-/m0/s1. The van der Waals surface area contributed by atoms with Gasteiger partial charge in [-0.1, -0.05) is 38.1 Å². The van der Waals surface area contributed by atoms with Gasteiger partial charge in [-0.2, -0.15) is 0 Å². The Kier molecular flexibility index (Phi) is 5.80. The average molecular weight is 351 g/mol. The van der Waals surface area contributed by atoms with Gasteiger partial charge in [0.2, 0.25) is 0 Å². The van der Waals surface area contributed by atoms with Crippen molar-refractivity contribution in [2.24, 2.45) is 5.92 Å². The summed E-state index contributed by atoms with van der Waals surface area (Å²) in [5.41, 5.74) is 2.31. The maximum Gasteiger partial charge on any atom is 0.329 e. The van der Waals surface area contributed by atoms with Crippen LogP contribution >= 0.6 is 23.2 Å². The number of halogens is 2. The van der Waals surface area contributed by atoms with E-state index >= 15 is 0 Å². The van der Waals surface area contributed by atoms with Crippen LogP contribution in [0.3, 0.4) is 0 Å². The van der Waals surface area contributed by atoms with Crippen LogP contribution in [0.1, 0.15) is 24.2 Å². The first-order valence-corrected chi connectivity index (χ1v) is 7.96. The van der Waals surface area contributed by atoms with Gasteiger partial charge in [0, 0.05) is 5.56 Å². The highest BCUT2D eigenvalue weighted by molar-refractivity contribution is 6.67. The van der Waals surface area contributed by atoms with Gasteiger partial charge >= 0.3 is 5.97 Å². The molecule has 2 rings (SSSR count). The minimum Gasteiger partial charge on any atom is -0.425 e. The Morgan fingerprint density at radius 3 is 1.83 bits per heavy atom. The predicted molar refractivity (Wildman–Crippen MR) is 92.2 cm³/mol. The first-order chi connectivity index (χ1) is 10.9. The Morgan fingerprint density at radius 2 is 1.39 bits per heavy atom. The van der Waals surface area contributed by atoms with E-state index in [9.17, 15) is 9.59 Å². The van der Waals surface area contributed by atoms with Crippen molar-refractivity contribution in [2.45, 2.75) is 19.2 Å². The zero-order valence-electron chi connectivity index (χ0n) is 12.8. The van der Waals surface area contributed by atoms with Crippen molar-refractivity contribution < 1.29 is 14.3 Å². The third kappa shape index (κ3) is 4.57. The van der Waals surface area contributed by atoms with E-state index in [1.165, 1.54) is 0 Å². The Balaban J connectivity index is 2.10. The molecule has 0 amide bonds. The molecular formula is C18H16Cl2O3. The fourth-order valence-electron chi connectivity index (χ4n) is 1.95. The molecule has 0 radical (unpaired) electrons. The second-order valence-corrected chi connectivity index (χ2v) is 6.26. The molecule has 0 spiro atoms. The fraction of sp³-hybridized carbons (Fsp3) is 0.222. The number of alkyl halides is 1. The van der Waals surface area contributed by atoms with Gasteiger partial charge in [-0.15, -0.1) is 11.6 Å². The average Bonchev–Trinajstić information content (AvgIpc) is 2.54. The first kappa shape index (κ1) is 17.5. The van der Waals surface area contributed by atoms with Crippen LogP contribution in [0.2, 0.25) is 0 Å². The number of hydrogen-bond donors (Lipinski definition) is 0. The second-order valence-electron chi connectivity index (χ2n) is 5.44. The topological polar surface area (TPSA) is 43.4 Å². The minimum atomic E-state index is -0.671. The van der Waals surface area contributed by atoms with E-state index in [0.29, 0.717) is 11.3 Å². The SMILES string of the molecule is CC(C)[C@H](Cl)C(=O)Oc1ccc(-c2ccc(C(=O)Cl)cc2)cc1. The zero-order valence-corrected chi connectivity index (χ0v) is 14.3. The summed E-state index contributed by atoms with van der Waals surface area (Å²) >= 11 is 11.4. The van der Waals surface area contributed by atoms with Crippen molar-refractivity contribution in [2.75, 3.05) is 0 Å². The highest BCUT2D eigenvalue weighted by atomic mass is 35.5. The van der Waals surface area contributed by atoms with E-state index in [0.717, 1.165) is 11.1 Å². The summed E-state index contributed by atoms with van der Waals surface area (Å²) in [5.74, 6) is -0.0106. The summed E-state index contributed by atoms with van der Waals surface area (Å²) in [4.78, 5) is 22.9. The lowest BCUT2D eigenvalue weighted by Gasteiger charge is -2.12. The van der Waals surface area contributed by atoms with Gasteiger partial charge in [0.15, 0.2) is 0 Å². The third-order valence-electron chi connectivity index (χ3n) is 3.33. The maximum absolute atomic E-state index is 11.8. The Hall–Kier alpha value is -1.84. The lowest BCUT2D eigenvalue weighted by molar-refractivity contribution is -0.134.